The summed E-state index contributed by atoms with van der Waals surface area (Å²) in [6.45, 7) is 3.65. The second kappa shape index (κ2) is 6.49. The highest BCUT2D eigenvalue weighted by Gasteiger charge is 2.15. The fourth-order valence-corrected chi connectivity index (χ4v) is 2.32. The van der Waals surface area contributed by atoms with Crippen LogP contribution in [0.25, 0.3) is 0 Å². The third-order valence-corrected chi connectivity index (χ3v) is 3.37. The molecule has 0 bridgehead atoms. The Morgan fingerprint density at radius 1 is 1.38 bits per heavy atom. The van der Waals surface area contributed by atoms with Crippen molar-refractivity contribution >= 4 is 17.5 Å². The topological polar surface area (TPSA) is 72.0 Å². The molecule has 1 unspecified atom stereocenters. The van der Waals surface area contributed by atoms with E-state index in [0.717, 1.165) is 31.7 Å². The molecule has 2 aromatic rings. The highest BCUT2D eigenvalue weighted by atomic mass is 16.5. The molecule has 0 saturated carbocycles. The Morgan fingerprint density at radius 3 is 3.14 bits per heavy atom. The van der Waals surface area contributed by atoms with Gasteiger partial charge in [0.05, 0.1) is 12.3 Å². The molecule has 1 fully saturated rings. The normalized spacial score (nSPS) is 17.7. The van der Waals surface area contributed by atoms with E-state index in [1.807, 2.05) is 31.2 Å². The minimum atomic E-state index is 0.271. The minimum Gasteiger partial charge on any atom is -0.376 e. The monoisotopic (exact) mass is 285 g/mol. The maximum Gasteiger partial charge on any atom is 0.249 e. The smallest absolute Gasteiger partial charge is 0.249 e. The van der Waals surface area contributed by atoms with Crippen molar-refractivity contribution in [2.45, 2.75) is 25.9 Å². The van der Waals surface area contributed by atoms with Crippen molar-refractivity contribution in [1.29, 1.82) is 0 Å². The van der Waals surface area contributed by atoms with Gasteiger partial charge in [0.1, 0.15) is 0 Å². The Bertz CT molecular complexity index is 598. The van der Waals surface area contributed by atoms with Gasteiger partial charge in [-0.15, -0.1) is 5.10 Å². The van der Waals surface area contributed by atoms with Crippen LogP contribution in [0.1, 0.15) is 18.4 Å². The highest BCUT2D eigenvalue weighted by Crippen LogP contribution is 2.16. The zero-order chi connectivity index (χ0) is 14.5. The molecule has 21 heavy (non-hydrogen) atoms. The molecular weight excluding hydrogens is 266 g/mol. The van der Waals surface area contributed by atoms with E-state index in [-0.39, 0.29) is 6.10 Å². The molecule has 110 valence electrons. The van der Waals surface area contributed by atoms with Gasteiger partial charge in [-0.25, -0.2) is 0 Å². The third-order valence-electron chi connectivity index (χ3n) is 3.37. The Kier molecular flexibility index (Phi) is 4.25. The minimum absolute atomic E-state index is 0.271. The van der Waals surface area contributed by atoms with E-state index < -0.39 is 0 Å². The third kappa shape index (κ3) is 3.88. The molecule has 2 N–H and O–H groups in total. The van der Waals surface area contributed by atoms with Crippen molar-refractivity contribution in [3.8, 4) is 0 Å². The van der Waals surface area contributed by atoms with Crippen molar-refractivity contribution in [2.75, 3.05) is 23.8 Å². The number of aryl methyl sites for hydroxylation is 1. The first-order valence-corrected chi connectivity index (χ1v) is 7.18. The molecule has 2 heterocycles. The molecule has 0 amide bonds. The Morgan fingerprint density at radius 2 is 2.33 bits per heavy atom. The quantitative estimate of drug-likeness (QED) is 0.879. The first kappa shape index (κ1) is 13.8. The number of nitrogens with zero attached hydrogens (tertiary/aromatic N) is 3. The van der Waals surface area contributed by atoms with E-state index in [0.29, 0.717) is 11.8 Å². The van der Waals surface area contributed by atoms with Gasteiger partial charge in [0.15, 0.2) is 5.82 Å². The zero-order valence-electron chi connectivity index (χ0n) is 12.0. The SMILES string of the molecule is Cc1cccc(Nc2nncc(NCC3CCCO3)n2)c1. The number of rotatable bonds is 5. The first-order valence-electron chi connectivity index (χ1n) is 7.18. The van der Waals surface area contributed by atoms with Crippen LogP contribution >= 0.6 is 0 Å². The summed E-state index contributed by atoms with van der Waals surface area (Å²) in [6.07, 6.45) is 4.12. The molecule has 6 heteroatoms. The van der Waals surface area contributed by atoms with Crippen molar-refractivity contribution < 1.29 is 4.74 Å². The van der Waals surface area contributed by atoms with Gasteiger partial charge < -0.3 is 15.4 Å². The lowest BCUT2D eigenvalue weighted by atomic mass is 10.2. The van der Waals surface area contributed by atoms with Gasteiger partial charge in [-0.05, 0) is 37.5 Å². The van der Waals surface area contributed by atoms with Crippen molar-refractivity contribution in [2.24, 2.45) is 0 Å². The summed E-state index contributed by atoms with van der Waals surface area (Å²) in [5.41, 5.74) is 2.13. The van der Waals surface area contributed by atoms with Crippen LogP contribution < -0.4 is 10.6 Å². The van der Waals surface area contributed by atoms with Crippen LogP contribution in [0.2, 0.25) is 0 Å². The Balaban J connectivity index is 1.62. The first-order chi connectivity index (χ1) is 10.3. The van der Waals surface area contributed by atoms with Crippen LogP contribution in [0, 0.1) is 6.92 Å². The van der Waals surface area contributed by atoms with E-state index in [1.165, 1.54) is 5.56 Å². The molecule has 0 spiro atoms. The summed E-state index contributed by atoms with van der Waals surface area (Å²) in [6, 6.07) is 8.05. The summed E-state index contributed by atoms with van der Waals surface area (Å²) in [4.78, 5) is 4.41. The largest absolute Gasteiger partial charge is 0.376 e. The van der Waals surface area contributed by atoms with Crippen LogP contribution in [0.3, 0.4) is 0 Å². The average Bonchev–Trinajstić information content (AvgIpc) is 2.99. The summed E-state index contributed by atoms with van der Waals surface area (Å²) in [7, 11) is 0. The maximum absolute atomic E-state index is 5.57. The summed E-state index contributed by atoms with van der Waals surface area (Å²) >= 11 is 0. The van der Waals surface area contributed by atoms with Crippen molar-refractivity contribution in [3.05, 3.63) is 36.0 Å². The van der Waals surface area contributed by atoms with E-state index >= 15 is 0 Å². The van der Waals surface area contributed by atoms with Gasteiger partial charge in [0, 0.05) is 18.8 Å². The van der Waals surface area contributed by atoms with E-state index in [1.54, 1.807) is 6.20 Å². The van der Waals surface area contributed by atoms with Gasteiger partial charge in [-0.3, -0.25) is 0 Å². The molecule has 6 nitrogen and oxygen atoms in total. The molecule has 1 aromatic heterocycles. The molecule has 0 aliphatic carbocycles. The molecule has 3 rings (SSSR count). The summed E-state index contributed by atoms with van der Waals surface area (Å²) in [5, 5.41) is 14.4. The van der Waals surface area contributed by atoms with Crippen molar-refractivity contribution in [1.82, 2.24) is 15.2 Å². The van der Waals surface area contributed by atoms with E-state index in [9.17, 15) is 0 Å². The molecule has 1 saturated heterocycles. The lowest BCUT2D eigenvalue weighted by molar-refractivity contribution is 0.120. The van der Waals surface area contributed by atoms with Gasteiger partial charge in [0.25, 0.3) is 0 Å². The summed E-state index contributed by atoms with van der Waals surface area (Å²) < 4.78 is 5.57. The number of ether oxygens (including phenoxy) is 1. The second-order valence-electron chi connectivity index (χ2n) is 5.18. The van der Waals surface area contributed by atoms with E-state index in [2.05, 4.69) is 25.8 Å². The summed E-state index contributed by atoms with van der Waals surface area (Å²) in [5.74, 6) is 1.19. The lowest BCUT2D eigenvalue weighted by Crippen LogP contribution is -2.19. The van der Waals surface area contributed by atoms with Crippen molar-refractivity contribution in [3.63, 3.8) is 0 Å². The predicted octanol–water partition coefficient (Wildman–Crippen LogP) is 2.51. The number of hydrogen-bond donors (Lipinski definition) is 2. The number of nitrogens with one attached hydrogen (secondary N) is 2. The average molecular weight is 285 g/mol. The standard InChI is InChI=1S/C15H19N5O/c1-11-4-2-5-12(8-11)18-15-19-14(10-17-20-15)16-9-13-6-3-7-21-13/h2,4-5,8,10,13H,3,6-7,9H2,1H3,(H2,16,18,19,20). The molecule has 1 aromatic carbocycles. The number of anilines is 3. The van der Waals surface area contributed by atoms with E-state index in [4.69, 9.17) is 4.74 Å². The van der Waals surface area contributed by atoms with Gasteiger partial charge in [-0.2, -0.15) is 10.1 Å². The van der Waals surface area contributed by atoms with Gasteiger partial charge >= 0.3 is 0 Å². The highest BCUT2D eigenvalue weighted by molar-refractivity contribution is 5.55. The maximum atomic E-state index is 5.57. The Hall–Kier alpha value is -2.21. The van der Waals surface area contributed by atoms with Crippen LogP contribution in [-0.2, 0) is 4.74 Å². The predicted molar refractivity (Wildman–Crippen MR) is 81.8 cm³/mol. The number of hydrogen-bond acceptors (Lipinski definition) is 6. The number of aromatic nitrogens is 3. The molecule has 1 aliphatic rings. The second-order valence-corrected chi connectivity index (χ2v) is 5.18. The van der Waals surface area contributed by atoms with Crippen LogP contribution in [-0.4, -0.2) is 34.4 Å². The molecule has 1 atom stereocenters. The molecular formula is C15H19N5O. The van der Waals surface area contributed by atoms with Gasteiger partial charge in [0.2, 0.25) is 5.95 Å². The number of benzene rings is 1. The fourth-order valence-electron chi connectivity index (χ4n) is 2.32. The molecule has 1 aliphatic heterocycles. The zero-order valence-corrected chi connectivity index (χ0v) is 12.0. The van der Waals surface area contributed by atoms with Crippen LogP contribution in [0.4, 0.5) is 17.5 Å². The van der Waals surface area contributed by atoms with Crippen LogP contribution in [0.5, 0.6) is 0 Å². The molecule has 0 radical (unpaired) electrons. The Labute approximate surface area is 124 Å². The fraction of sp³-hybridized carbons (Fsp3) is 0.400. The lowest BCUT2D eigenvalue weighted by Gasteiger charge is -2.11. The van der Waals surface area contributed by atoms with Gasteiger partial charge in [-0.1, -0.05) is 12.1 Å². The van der Waals surface area contributed by atoms with Crippen LogP contribution in [0.15, 0.2) is 30.5 Å².